The molecule has 2 aliphatic rings. The average molecular weight is 364 g/mol. The van der Waals surface area contributed by atoms with E-state index in [1.807, 2.05) is 18.0 Å². The monoisotopic (exact) mass is 364 g/mol. The minimum absolute atomic E-state index is 0.217. The second kappa shape index (κ2) is 7.90. The van der Waals surface area contributed by atoms with E-state index in [1.54, 1.807) is 6.07 Å². The number of ether oxygens (including phenoxy) is 1. The summed E-state index contributed by atoms with van der Waals surface area (Å²) in [5, 5.41) is 8.69. The number of halogens is 1. The maximum Gasteiger partial charge on any atom is 0.407 e. The smallest absolute Gasteiger partial charge is 0.407 e. The first-order chi connectivity index (χ1) is 12.4. The van der Waals surface area contributed by atoms with Crippen molar-refractivity contribution in [3.8, 4) is 0 Å². The number of likely N-dealkylation sites (N-methyl/N-ethyl adjacent to an activating group) is 1. The zero-order valence-corrected chi connectivity index (χ0v) is 15.0. The highest BCUT2D eigenvalue weighted by Crippen LogP contribution is 2.28. The Morgan fingerprint density at radius 2 is 2.27 bits per heavy atom. The van der Waals surface area contributed by atoms with Gasteiger partial charge in [0.15, 0.2) is 0 Å². The molecule has 8 heteroatoms. The second-order valence-electron chi connectivity index (χ2n) is 6.87. The summed E-state index contributed by atoms with van der Waals surface area (Å²) < 4.78 is 19.9. The van der Waals surface area contributed by atoms with Crippen molar-refractivity contribution in [1.29, 1.82) is 0 Å². The fourth-order valence-electron chi connectivity index (χ4n) is 3.54. The Labute approximate surface area is 152 Å². The Morgan fingerprint density at radius 1 is 1.46 bits per heavy atom. The van der Waals surface area contributed by atoms with Gasteiger partial charge in [0.05, 0.1) is 18.3 Å². The molecule has 3 rings (SSSR count). The molecule has 3 atom stereocenters. The number of cyclic esters (lactones) is 1. The molecule has 2 unspecified atom stereocenters. The number of benzene rings is 1. The molecule has 0 aliphatic carbocycles. The zero-order valence-electron chi connectivity index (χ0n) is 15.0. The van der Waals surface area contributed by atoms with Gasteiger partial charge in [0.2, 0.25) is 5.91 Å². The fraction of sp³-hybridized carbons (Fsp3) is 0.556. The van der Waals surface area contributed by atoms with Crippen LogP contribution in [0.1, 0.15) is 31.4 Å². The molecule has 0 aromatic heterocycles. The third kappa shape index (κ3) is 4.24. The quantitative estimate of drug-likeness (QED) is 0.709. The molecule has 2 saturated heterocycles. The predicted octanol–water partition coefficient (Wildman–Crippen LogP) is 1.30. The highest BCUT2D eigenvalue weighted by Gasteiger charge is 2.28. The Morgan fingerprint density at radius 3 is 2.85 bits per heavy atom. The topological polar surface area (TPSA) is 82.7 Å². The number of carbonyl (C=O) groups excluding carboxylic acids is 2. The summed E-state index contributed by atoms with van der Waals surface area (Å²) in [6.07, 6.45) is 0.547. The van der Waals surface area contributed by atoms with Crippen molar-refractivity contribution >= 4 is 17.7 Å². The average Bonchev–Trinajstić information content (AvgIpc) is 3.25. The molecule has 1 aromatic rings. The first kappa shape index (κ1) is 18.4. The second-order valence-corrected chi connectivity index (χ2v) is 6.87. The number of alkyl carbamates (subject to hydrolysis) is 1. The number of hydrogen-bond donors (Lipinski definition) is 3. The van der Waals surface area contributed by atoms with E-state index in [0.717, 1.165) is 19.5 Å². The Bertz CT molecular complexity index is 678. The standard InChI is InChI=1S/C18H25FN4O3/c1-11(24)22-16(8-14-10-21-18(25)26-14)12-3-4-17(15(19)7-12)23(2)13-5-6-20-9-13/h3-4,7,13-14,16,20H,5-6,8-10H2,1-2H3,(H,21,25)(H,22,24)/t13?,14-,16?/m0/s1. The molecule has 0 spiro atoms. The molecule has 3 N–H and O–H groups in total. The van der Waals surface area contributed by atoms with Crippen LogP contribution >= 0.6 is 0 Å². The number of rotatable bonds is 6. The Balaban J connectivity index is 1.76. The molecule has 2 heterocycles. The van der Waals surface area contributed by atoms with Crippen molar-refractivity contribution in [2.75, 3.05) is 31.6 Å². The molecule has 142 valence electrons. The SMILES string of the molecule is CC(=O)NC(C[C@H]1CNC(=O)O1)c1ccc(N(C)C2CCNC2)c(F)c1. The summed E-state index contributed by atoms with van der Waals surface area (Å²) in [6, 6.07) is 4.87. The van der Waals surface area contributed by atoms with Crippen LogP contribution in [0, 0.1) is 5.82 Å². The van der Waals surface area contributed by atoms with Gasteiger partial charge in [0.25, 0.3) is 0 Å². The van der Waals surface area contributed by atoms with Gasteiger partial charge in [-0.15, -0.1) is 0 Å². The minimum Gasteiger partial charge on any atom is -0.444 e. The summed E-state index contributed by atoms with van der Waals surface area (Å²) in [5.41, 5.74) is 1.19. The molecule has 2 aliphatic heterocycles. The van der Waals surface area contributed by atoms with Crippen LogP contribution in [0.4, 0.5) is 14.9 Å². The van der Waals surface area contributed by atoms with E-state index >= 15 is 0 Å². The summed E-state index contributed by atoms with van der Waals surface area (Å²) in [4.78, 5) is 24.7. The lowest BCUT2D eigenvalue weighted by molar-refractivity contribution is -0.119. The number of anilines is 1. The largest absolute Gasteiger partial charge is 0.444 e. The van der Waals surface area contributed by atoms with Crippen molar-refractivity contribution in [1.82, 2.24) is 16.0 Å². The van der Waals surface area contributed by atoms with Gasteiger partial charge in [-0.05, 0) is 30.7 Å². The van der Waals surface area contributed by atoms with E-state index in [4.69, 9.17) is 4.74 Å². The van der Waals surface area contributed by atoms with E-state index in [1.165, 1.54) is 13.0 Å². The first-order valence-electron chi connectivity index (χ1n) is 8.88. The lowest BCUT2D eigenvalue weighted by Crippen LogP contribution is -2.34. The van der Waals surface area contributed by atoms with Crippen LogP contribution in [0.3, 0.4) is 0 Å². The van der Waals surface area contributed by atoms with Crippen LogP contribution in [0.2, 0.25) is 0 Å². The number of nitrogens with one attached hydrogen (secondary N) is 3. The number of amides is 2. The number of carbonyl (C=O) groups is 2. The van der Waals surface area contributed by atoms with Crippen LogP contribution in [0.25, 0.3) is 0 Å². The van der Waals surface area contributed by atoms with Crippen LogP contribution in [0.15, 0.2) is 18.2 Å². The highest BCUT2D eigenvalue weighted by molar-refractivity contribution is 5.73. The van der Waals surface area contributed by atoms with Crippen LogP contribution in [-0.2, 0) is 9.53 Å². The highest BCUT2D eigenvalue weighted by atomic mass is 19.1. The molecule has 0 saturated carbocycles. The fourth-order valence-corrected chi connectivity index (χ4v) is 3.54. The Kier molecular flexibility index (Phi) is 5.61. The van der Waals surface area contributed by atoms with E-state index < -0.39 is 12.1 Å². The molecule has 26 heavy (non-hydrogen) atoms. The van der Waals surface area contributed by atoms with Crippen LogP contribution in [-0.4, -0.2) is 50.8 Å². The predicted molar refractivity (Wildman–Crippen MR) is 95.5 cm³/mol. The molecule has 2 amide bonds. The first-order valence-corrected chi connectivity index (χ1v) is 8.88. The van der Waals surface area contributed by atoms with E-state index in [-0.39, 0.29) is 23.9 Å². The van der Waals surface area contributed by atoms with Crippen molar-refractivity contribution in [3.05, 3.63) is 29.6 Å². The number of nitrogens with zero attached hydrogens (tertiary/aromatic N) is 1. The Hall–Kier alpha value is -2.35. The molecule has 7 nitrogen and oxygen atoms in total. The lowest BCUT2D eigenvalue weighted by Gasteiger charge is -2.27. The minimum atomic E-state index is -0.468. The van der Waals surface area contributed by atoms with Crippen LogP contribution < -0.4 is 20.9 Å². The molecule has 2 fully saturated rings. The van der Waals surface area contributed by atoms with Crippen molar-refractivity contribution < 1.29 is 18.7 Å². The number of hydrogen-bond acceptors (Lipinski definition) is 5. The normalized spacial score (nSPS) is 23.3. The van der Waals surface area contributed by atoms with Gasteiger partial charge < -0.3 is 25.6 Å². The van der Waals surface area contributed by atoms with Gasteiger partial charge in [-0.2, -0.15) is 0 Å². The summed E-state index contributed by atoms with van der Waals surface area (Å²) in [6.45, 7) is 3.57. The molecular weight excluding hydrogens is 339 g/mol. The van der Waals surface area contributed by atoms with Gasteiger partial charge in [-0.1, -0.05) is 6.07 Å². The molecule has 0 bridgehead atoms. The van der Waals surface area contributed by atoms with Crippen molar-refractivity contribution in [3.63, 3.8) is 0 Å². The molecule has 0 radical (unpaired) electrons. The summed E-state index contributed by atoms with van der Waals surface area (Å²) in [5.74, 6) is -0.542. The molecular formula is C18H25FN4O3. The van der Waals surface area contributed by atoms with E-state index in [9.17, 15) is 14.0 Å². The summed E-state index contributed by atoms with van der Waals surface area (Å²) in [7, 11) is 1.89. The van der Waals surface area contributed by atoms with Gasteiger partial charge in [-0.25, -0.2) is 9.18 Å². The van der Waals surface area contributed by atoms with Crippen LogP contribution in [0.5, 0.6) is 0 Å². The van der Waals surface area contributed by atoms with Crippen molar-refractivity contribution in [2.45, 2.75) is 38.0 Å². The van der Waals surface area contributed by atoms with Gasteiger partial charge >= 0.3 is 6.09 Å². The zero-order chi connectivity index (χ0) is 18.7. The van der Waals surface area contributed by atoms with Gasteiger partial charge in [0, 0.05) is 33.0 Å². The third-order valence-corrected chi connectivity index (χ3v) is 4.96. The van der Waals surface area contributed by atoms with Crippen molar-refractivity contribution in [2.24, 2.45) is 0 Å². The maximum absolute atomic E-state index is 14.8. The van der Waals surface area contributed by atoms with E-state index in [0.29, 0.717) is 24.2 Å². The third-order valence-electron chi connectivity index (χ3n) is 4.96. The lowest BCUT2D eigenvalue weighted by atomic mass is 9.99. The van der Waals surface area contributed by atoms with Gasteiger partial charge in [-0.3, -0.25) is 4.79 Å². The van der Waals surface area contributed by atoms with E-state index in [2.05, 4.69) is 16.0 Å². The summed E-state index contributed by atoms with van der Waals surface area (Å²) >= 11 is 0. The molecule has 1 aromatic carbocycles. The maximum atomic E-state index is 14.8. The van der Waals surface area contributed by atoms with Gasteiger partial charge in [0.1, 0.15) is 11.9 Å².